The van der Waals surface area contributed by atoms with Gasteiger partial charge in [0, 0.05) is 35.3 Å². The van der Waals surface area contributed by atoms with E-state index < -0.39 is 0 Å². The van der Waals surface area contributed by atoms with Crippen LogP contribution in [0.4, 0.5) is 5.69 Å². The Balaban J connectivity index is 2.05. The van der Waals surface area contributed by atoms with Crippen LogP contribution in [0.2, 0.25) is 0 Å². The molecule has 1 atom stereocenters. The van der Waals surface area contributed by atoms with Gasteiger partial charge in [0.05, 0.1) is 0 Å². The maximum absolute atomic E-state index is 5.83. The van der Waals surface area contributed by atoms with Crippen molar-refractivity contribution in [1.82, 2.24) is 0 Å². The van der Waals surface area contributed by atoms with Crippen LogP contribution in [0.15, 0.2) is 24.3 Å². The van der Waals surface area contributed by atoms with Crippen LogP contribution >= 0.6 is 11.8 Å². The van der Waals surface area contributed by atoms with Gasteiger partial charge in [-0.3, -0.25) is 0 Å². The molecule has 1 aliphatic heterocycles. The van der Waals surface area contributed by atoms with E-state index in [0.717, 1.165) is 19.5 Å². The fourth-order valence-electron chi connectivity index (χ4n) is 2.45. The maximum Gasteiger partial charge on any atom is 0.0367 e. The van der Waals surface area contributed by atoms with E-state index in [4.69, 9.17) is 5.73 Å². The van der Waals surface area contributed by atoms with Crippen molar-refractivity contribution in [3.8, 4) is 0 Å². The molecule has 2 rings (SSSR count). The molecule has 1 aromatic carbocycles. The molecule has 0 saturated carbocycles. The Bertz CT molecular complexity index is 384. The summed E-state index contributed by atoms with van der Waals surface area (Å²) in [6.45, 7) is 8.99. The Hall–Kier alpha value is -0.670. The molecule has 2 nitrogen and oxygen atoms in total. The molecular formula is C15H24N2S. The van der Waals surface area contributed by atoms with Crippen molar-refractivity contribution in [2.75, 3.05) is 23.7 Å². The molecule has 0 amide bonds. The number of hydrogen-bond donors (Lipinski definition) is 1. The van der Waals surface area contributed by atoms with E-state index >= 15 is 0 Å². The van der Waals surface area contributed by atoms with Gasteiger partial charge in [0.15, 0.2) is 0 Å². The number of anilines is 1. The zero-order chi connectivity index (χ0) is 13.2. The molecule has 2 N–H and O–H groups in total. The average molecular weight is 264 g/mol. The van der Waals surface area contributed by atoms with Crippen LogP contribution in [0.1, 0.15) is 26.3 Å². The van der Waals surface area contributed by atoms with E-state index in [9.17, 15) is 0 Å². The molecule has 1 heterocycles. The highest BCUT2D eigenvalue weighted by molar-refractivity contribution is 8.00. The van der Waals surface area contributed by atoms with Crippen molar-refractivity contribution in [3.63, 3.8) is 0 Å². The zero-order valence-corrected chi connectivity index (χ0v) is 12.5. The molecule has 1 aliphatic rings. The predicted molar refractivity (Wildman–Crippen MR) is 82.5 cm³/mol. The molecule has 1 fully saturated rings. The van der Waals surface area contributed by atoms with Crippen LogP contribution in [-0.4, -0.2) is 29.6 Å². The zero-order valence-electron chi connectivity index (χ0n) is 11.6. The van der Waals surface area contributed by atoms with Crippen LogP contribution in [0, 0.1) is 0 Å². The number of nitrogens with zero attached hydrogens (tertiary/aromatic N) is 1. The van der Waals surface area contributed by atoms with Gasteiger partial charge in [-0.25, -0.2) is 0 Å². The SMILES string of the molecule is CC(N)Cc1ccc(N2CCSC(C)(C)C2)cc1. The second-order valence-corrected chi connectivity index (χ2v) is 7.68. The first-order chi connectivity index (χ1) is 8.46. The molecule has 0 radical (unpaired) electrons. The van der Waals surface area contributed by atoms with Gasteiger partial charge in [-0.05, 0) is 44.9 Å². The number of benzene rings is 1. The van der Waals surface area contributed by atoms with Crippen LogP contribution in [0.25, 0.3) is 0 Å². The van der Waals surface area contributed by atoms with Crippen molar-refractivity contribution in [3.05, 3.63) is 29.8 Å². The third kappa shape index (κ3) is 3.66. The summed E-state index contributed by atoms with van der Waals surface area (Å²) in [4.78, 5) is 2.49. The molecule has 1 aromatic rings. The highest BCUT2D eigenvalue weighted by atomic mass is 32.2. The molecule has 1 saturated heterocycles. The Morgan fingerprint density at radius 2 is 2.00 bits per heavy atom. The van der Waals surface area contributed by atoms with E-state index in [-0.39, 0.29) is 6.04 Å². The lowest BCUT2D eigenvalue weighted by Gasteiger charge is -2.39. The van der Waals surface area contributed by atoms with Crippen molar-refractivity contribution in [1.29, 1.82) is 0 Å². The topological polar surface area (TPSA) is 29.3 Å². The molecule has 18 heavy (non-hydrogen) atoms. The van der Waals surface area contributed by atoms with Crippen molar-refractivity contribution in [2.24, 2.45) is 5.73 Å². The summed E-state index contributed by atoms with van der Waals surface area (Å²) < 4.78 is 0.364. The quantitative estimate of drug-likeness (QED) is 0.910. The van der Waals surface area contributed by atoms with Crippen molar-refractivity contribution in [2.45, 2.75) is 38.0 Å². The predicted octanol–water partition coefficient (Wildman–Crippen LogP) is 2.91. The van der Waals surface area contributed by atoms with Gasteiger partial charge in [-0.2, -0.15) is 11.8 Å². The van der Waals surface area contributed by atoms with Crippen LogP contribution in [0.5, 0.6) is 0 Å². The Kier molecular flexibility index (Phi) is 4.23. The standard InChI is InChI=1S/C15H24N2S/c1-12(16)10-13-4-6-14(7-5-13)17-8-9-18-15(2,3)11-17/h4-7,12H,8-11,16H2,1-3H3. The van der Waals surface area contributed by atoms with Crippen molar-refractivity contribution < 1.29 is 0 Å². The Morgan fingerprint density at radius 3 is 2.56 bits per heavy atom. The molecule has 0 spiro atoms. The first-order valence-electron chi connectivity index (χ1n) is 6.70. The van der Waals surface area contributed by atoms with Crippen LogP contribution < -0.4 is 10.6 Å². The summed E-state index contributed by atoms with van der Waals surface area (Å²) in [5.41, 5.74) is 8.50. The summed E-state index contributed by atoms with van der Waals surface area (Å²) in [6, 6.07) is 9.15. The average Bonchev–Trinajstić information content (AvgIpc) is 2.28. The first-order valence-corrected chi connectivity index (χ1v) is 7.68. The summed E-state index contributed by atoms with van der Waals surface area (Å²) >= 11 is 2.07. The van der Waals surface area contributed by atoms with Crippen LogP contribution in [0.3, 0.4) is 0 Å². The first kappa shape index (κ1) is 13.8. The van der Waals surface area contributed by atoms with Gasteiger partial charge < -0.3 is 10.6 Å². The Morgan fingerprint density at radius 1 is 1.33 bits per heavy atom. The lowest BCUT2D eigenvalue weighted by atomic mass is 10.1. The number of rotatable bonds is 3. The van der Waals surface area contributed by atoms with E-state index in [1.807, 2.05) is 0 Å². The van der Waals surface area contributed by atoms with E-state index in [0.29, 0.717) is 4.75 Å². The van der Waals surface area contributed by atoms with Gasteiger partial charge in [-0.15, -0.1) is 0 Å². The highest BCUT2D eigenvalue weighted by Gasteiger charge is 2.26. The van der Waals surface area contributed by atoms with Gasteiger partial charge in [-0.1, -0.05) is 12.1 Å². The van der Waals surface area contributed by atoms with Crippen LogP contribution in [-0.2, 0) is 6.42 Å². The number of hydrogen-bond acceptors (Lipinski definition) is 3. The summed E-state index contributed by atoms with van der Waals surface area (Å²) in [6.07, 6.45) is 0.960. The van der Waals surface area contributed by atoms with E-state index in [2.05, 4.69) is 61.7 Å². The minimum absolute atomic E-state index is 0.237. The second kappa shape index (κ2) is 5.54. The summed E-state index contributed by atoms with van der Waals surface area (Å²) in [7, 11) is 0. The fourth-order valence-corrected chi connectivity index (χ4v) is 3.56. The minimum Gasteiger partial charge on any atom is -0.369 e. The molecule has 100 valence electrons. The summed E-state index contributed by atoms with van der Waals surface area (Å²) in [5.74, 6) is 1.22. The lowest BCUT2D eigenvalue weighted by molar-refractivity contribution is 0.647. The molecule has 3 heteroatoms. The molecule has 0 bridgehead atoms. The van der Waals surface area contributed by atoms with Crippen molar-refractivity contribution >= 4 is 17.4 Å². The smallest absolute Gasteiger partial charge is 0.0367 e. The third-order valence-corrected chi connectivity index (χ3v) is 4.58. The number of nitrogens with two attached hydrogens (primary N) is 1. The largest absolute Gasteiger partial charge is 0.369 e. The van der Waals surface area contributed by atoms with Gasteiger partial charge in [0.25, 0.3) is 0 Å². The minimum atomic E-state index is 0.237. The highest BCUT2D eigenvalue weighted by Crippen LogP contribution is 2.32. The molecule has 1 unspecified atom stereocenters. The Labute approximate surface area is 115 Å². The van der Waals surface area contributed by atoms with Gasteiger partial charge in [0.1, 0.15) is 0 Å². The normalized spacial score (nSPS) is 20.8. The molecule has 0 aromatic heterocycles. The molecular weight excluding hydrogens is 240 g/mol. The van der Waals surface area contributed by atoms with E-state index in [1.54, 1.807) is 0 Å². The monoisotopic (exact) mass is 264 g/mol. The van der Waals surface area contributed by atoms with Gasteiger partial charge >= 0.3 is 0 Å². The maximum atomic E-state index is 5.83. The number of thioether (sulfide) groups is 1. The lowest BCUT2D eigenvalue weighted by Crippen LogP contribution is -2.43. The summed E-state index contributed by atoms with van der Waals surface area (Å²) in [5, 5.41) is 0. The van der Waals surface area contributed by atoms with Gasteiger partial charge in [0.2, 0.25) is 0 Å². The second-order valence-electron chi connectivity index (χ2n) is 5.88. The molecule has 0 aliphatic carbocycles. The van der Waals surface area contributed by atoms with E-state index in [1.165, 1.54) is 17.0 Å². The fraction of sp³-hybridized carbons (Fsp3) is 0.600. The third-order valence-electron chi connectivity index (χ3n) is 3.28.